The molecule has 0 aromatic carbocycles. The molecule has 1 N–H and O–H groups in total. The molecule has 0 spiro atoms. The molecule has 1 saturated heterocycles. The van der Waals surface area contributed by atoms with Crippen LogP contribution >= 0.6 is 23.4 Å². The van der Waals surface area contributed by atoms with Crippen molar-refractivity contribution in [3.05, 3.63) is 29.0 Å². The van der Waals surface area contributed by atoms with Crippen molar-refractivity contribution in [1.82, 2.24) is 10.3 Å². The van der Waals surface area contributed by atoms with Gasteiger partial charge in [-0.3, -0.25) is 0 Å². The Morgan fingerprint density at radius 1 is 1.53 bits per heavy atom. The number of thioether (sulfide) groups is 1. The summed E-state index contributed by atoms with van der Waals surface area (Å²) in [4.78, 5) is 4.08. The molecule has 4 heteroatoms. The van der Waals surface area contributed by atoms with E-state index >= 15 is 0 Å². The van der Waals surface area contributed by atoms with Crippen LogP contribution in [0.25, 0.3) is 0 Å². The number of nitrogens with zero attached hydrogens (tertiary/aromatic N) is 1. The second-order valence-electron chi connectivity index (χ2n) is 3.77. The molecule has 0 unspecified atom stereocenters. The number of halogens is 1. The van der Waals surface area contributed by atoms with E-state index in [-0.39, 0.29) is 0 Å². The molecule has 1 aliphatic heterocycles. The van der Waals surface area contributed by atoms with Crippen LogP contribution < -0.4 is 5.32 Å². The van der Waals surface area contributed by atoms with E-state index in [1.54, 1.807) is 0 Å². The highest BCUT2D eigenvalue weighted by atomic mass is 35.5. The number of nitrogens with one attached hydrogen (secondary N) is 1. The Bertz CT molecular complexity index is 296. The standard InChI is InChI=1S/C11H15ClN2S/c12-11-4-3-9(6-14-11)8-15-10-2-1-5-13-7-10/h3-4,6,10,13H,1-2,5,7-8H2/t10-/m0/s1. The van der Waals surface area contributed by atoms with Gasteiger partial charge in [-0.25, -0.2) is 4.98 Å². The van der Waals surface area contributed by atoms with Crippen LogP contribution in [0.3, 0.4) is 0 Å². The van der Waals surface area contributed by atoms with Gasteiger partial charge in [-0.2, -0.15) is 11.8 Å². The quantitative estimate of drug-likeness (QED) is 0.826. The molecule has 15 heavy (non-hydrogen) atoms. The van der Waals surface area contributed by atoms with Gasteiger partial charge in [0.1, 0.15) is 5.15 Å². The molecule has 0 aliphatic carbocycles. The number of hydrogen-bond donors (Lipinski definition) is 1. The summed E-state index contributed by atoms with van der Waals surface area (Å²) in [7, 11) is 0. The third-order valence-corrected chi connectivity index (χ3v) is 4.12. The Labute approximate surface area is 99.8 Å². The molecular weight excluding hydrogens is 228 g/mol. The number of rotatable bonds is 3. The minimum atomic E-state index is 0.572. The van der Waals surface area contributed by atoms with E-state index in [2.05, 4.69) is 16.4 Å². The fourth-order valence-corrected chi connectivity index (χ4v) is 2.95. The Balaban J connectivity index is 1.79. The van der Waals surface area contributed by atoms with E-state index < -0.39 is 0 Å². The van der Waals surface area contributed by atoms with Gasteiger partial charge in [-0.05, 0) is 31.0 Å². The van der Waals surface area contributed by atoms with Gasteiger partial charge < -0.3 is 5.32 Å². The molecule has 2 rings (SSSR count). The van der Waals surface area contributed by atoms with Crippen LogP contribution in [-0.4, -0.2) is 23.3 Å². The average Bonchev–Trinajstić information content (AvgIpc) is 2.30. The topological polar surface area (TPSA) is 24.9 Å². The zero-order chi connectivity index (χ0) is 10.5. The van der Waals surface area contributed by atoms with E-state index in [1.807, 2.05) is 24.0 Å². The lowest BCUT2D eigenvalue weighted by Crippen LogP contribution is -2.31. The first-order valence-electron chi connectivity index (χ1n) is 5.27. The van der Waals surface area contributed by atoms with Gasteiger partial charge in [0.15, 0.2) is 0 Å². The van der Waals surface area contributed by atoms with Crippen molar-refractivity contribution in [2.45, 2.75) is 23.8 Å². The van der Waals surface area contributed by atoms with Crippen LogP contribution in [0.4, 0.5) is 0 Å². The van der Waals surface area contributed by atoms with E-state index in [9.17, 15) is 0 Å². The van der Waals surface area contributed by atoms with Crippen LogP contribution in [-0.2, 0) is 5.75 Å². The van der Waals surface area contributed by atoms with Gasteiger partial charge in [0, 0.05) is 23.7 Å². The lowest BCUT2D eigenvalue weighted by molar-refractivity contribution is 0.531. The fourth-order valence-electron chi connectivity index (χ4n) is 1.67. The van der Waals surface area contributed by atoms with Crippen molar-refractivity contribution in [1.29, 1.82) is 0 Å². The van der Waals surface area contributed by atoms with Gasteiger partial charge in [0.25, 0.3) is 0 Å². The maximum Gasteiger partial charge on any atom is 0.129 e. The summed E-state index contributed by atoms with van der Waals surface area (Å²) in [6.45, 7) is 2.32. The van der Waals surface area contributed by atoms with Gasteiger partial charge >= 0.3 is 0 Å². The molecule has 0 bridgehead atoms. The first kappa shape index (κ1) is 11.2. The van der Waals surface area contributed by atoms with Crippen LogP contribution in [0.1, 0.15) is 18.4 Å². The Morgan fingerprint density at radius 2 is 2.47 bits per heavy atom. The minimum Gasteiger partial charge on any atom is -0.316 e. The minimum absolute atomic E-state index is 0.572. The van der Waals surface area contributed by atoms with E-state index in [4.69, 9.17) is 11.6 Å². The molecule has 0 amide bonds. The van der Waals surface area contributed by atoms with E-state index in [1.165, 1.54) is 24.9 Å². The van der Waals surface area contributed by atoms with Crippen molar-refractivity contribution in [2.75, 3.05) is 13.1 Å². The molecule has 0 radical (unpaired) electrons. The molecule has 82 valence electrons. The zero-order valence-corrected chi connectivity index (χ0v) is 10.2. The molecule has 1 fully saturated rings. The predicted octanol–water partition coefficient (Wildman–Crippen LogP) is 2.72. The van der Waals surface area contributed by atoms with Crippen molar-refractivity contribution in [3.63, 3.8) is 0 Å². The second-order valence-corrected chi connectivity index (χ2v) is 5.44. The number of aromatic nitrogens is 1. The van der Waals surface area contributed by atoms with E-state index in [0.29, 0.717) is 5.15 Å². The Morgan fingerprint density at radius 3 is 3.13 bits per heavy atom. The smallest absolute Gasteiger partial charge is 0.129 e. The molecule has 1 aromatic heterocycles. The molecule has 1 aromatic rings. The van der Waals surface area contributed by atoms with E-state index in [0.717, 1.165) is 17.5 Å². The van der Waals surface area contributed by atoms with Gasteiger partial charge in [0.05, 0.1) is 0 Å². The molecule has 1 atom stereocenters. The zero-order valence-electron chi connectivity index (χ0n) is 8.58. The van der Waals surface area contributed by atoms with Gasteiger partial charge in [-0.1, -0.05) is 17.7 Å². The SMILES string of the molecule is Clc1ccc(CS[C@H]2CCCNC2)cn1. The summed E-state index contributed by atoms with van der Waals surface area (Å²) in [6.07, 6.45) is 4.50. The Kier molecular flexibility index (Phi) is 4.29. The third kappa shape index (κ3) is 3.67. The first-order valence-corrected chi connectivity index (χ1v) is 6.70. The fraction of sp³-hybridized carbons (Fsp3) is 0.545. The van der Waals surface area contributed by atoms with Gasteiger partial charge in [0.2, 0.25) is 0 Å². The summed E-state index contributed by atoms with van der Waals surface area (Å²) >= 11 is 7.74. The highest BCUT2D eigenvalue weighted by Crippen LogP contribution is 2.22. The van der Waals surface area contributed by atoms with Crippen LogP contribution in [0.5, 0.6) is 0 Å². The second kappa shape index (κ2) is 5.73. The molecule has 1 aliphatic rings. The molecule has 0 saturated carbocycles. The highest BCUT2D eigenvalue weighted by Gasteiger charge is 2.12. The lowest BCUT2D eigenvalue weighted by Gasteiger charge is -2.22. The lowest BCUT2D eigenvalue weighted by atomic mass is 10.2. The molecular formula is C11H15ClN2S. The maximum absolute atomic E-state index is 5.73. The largest absolute Gasteiger partial charge is 0.316 e. The monoisotopic (exact) mass is 242 g/mol. The molecule has 2 heterocycles. The normalized spacial score (nSPS) is 21.5. The predicted molar refractivity (Wildman–Crippen MR) is 66.4 cm³/mol. The summed E-state index contributed by atoms with van der Waals surface area (Å²) < 4.78 is 0. The summed E-state index contributed by atoms with van der Waals surface area (Å²) in [5.74, 6) is 1.04. The third-order valence-electron chi connectivity index (χ3n) is 2.53. The summed E-state index contributed by atoms with van der Waals surface area (Å²) in [5.41, 5.74) is 1.26. The molecule has 2 nitrogen and oxygen atoms in total. The summed E-state index contributed by atoms with van der Waals surface area (Å²) in [6, 6.07) is 3.91. The Hall–Kier alpha value is -0.250. The highest BCUT2D eigenvalue weighted by molar-refractivity contribution is 7.99. The maximum atomic E-state index is 5.73. The summed E-state index contributed by atoms with van der Waals surface area (Å²) in [5, 5.41) is 4.75. The number of hydrogen-bond acceptors (Lipinski definition) is 3. The van der Waals surface area contributed by atoms with Crippen molar-refractivity contribution in [2.24, 2.45) is 0 Å². The van der Waals surface area contributed by atoms with Crippen LogP contribution in [0, 0.1) is 0 Å². The number of pyridine rings is 1. The van der Waals surface area contributed by atoms with Crippen LogP contribution in [0.15, 0.2) is 18.3 Å². The van der Waals surface area contributed by atoms with Gasteiger partial charge in [-0.15, -0.1) is 0 Å². The number of piperidine rings is 1. The van der Waals surface area contributed by atoms with Crippen molar-refractivity contribution >= 4 is 23.4 Å². The average molecular weight is 243 g/mol. The van der Waals surface area contributed by atoms with Crippen LogP contribution in [0.2, 0.25) is 5.15 Å². The van der Waals surface area contributed by atoms with Crippen molar-refractivity contribution in [3.8, 4) is 0 Å². The van der Waals surface area contributed by atoms with Crippen molar-refractivity contribution < 1.29 is 0 Å². The first-order chi connectivity index (χ1) is 7.34.